The largest absolute Gasteiger partial charge is 0.494 e. The average molecular weight is 290 g/mol. The number of nitrogens with one attached hydrogen (secondary N) is 1. The van der Waals surface area contributed by atoms with Crippen molar-refractivity contribution in [1.29, 1.82) is 0 Å². The van der Waals surface area contributed by atoms with Crippen LogP contribution in [0.3, 0.4) is 0 Å². The summed E-state index contributed by atoms with van der Waals surface area (Å²) in [6.07, 6.45) is 0.954. The maximum atomic E-state index is 5.90. The van der Waals surface area contributed by atoms with E-state index in [1.165, 1.54) is 5.56 Å². The molecular formula is C17H20ClNO. The van der Waals surface area contributed by atoms with Crippen molar-refractivity contribution in [2.45, 2.75) is 26.3 Å². The van der Waals surface area contributed by atoms with Crippen molar-refractivity contribution >= 4 is 17.3 Å². The van der Waals surface area contributed by atoms with Gasteiger partial charge < -0.3 is 10.1 Å². The van der Waals surface area contributed by atoms with Gasteiger partial charge in [0.1, 0.15) is 5.75 Å². The van der Waals surface area contributed by atoms with Crippen LogP contribution in [0.15, 0.2) is 48.5 Å². The third-order valence-electron chi connectivity index (χ3n) is 3.01. The maximum Gasteiger partial charge on any atom is 0.121 e. The molecule has 0 bridgehead atoms. The molecule has 0 heterocycles. The van der Waals surface area contributed by atoms with Crippen LogP contribution < -0.4 is 10.1 Å². The summed E-state index contributed by atoms with van der Waals surface area (Å²) in [5.74, 6) is 0.899. The standard InChI is InChI=1S/C17H20ClNO/c1-3-20-17-6-4-5-16(12-17)19-13(2)11-14-7-9-15(18)10-8-14/h4-10,12-13,19H,3,11H2,1-2H3. The first-order valence-corrected chi connectivity index (χ1v) is 7.29. The molecule has 2 aromatic rings. The van der Waals surface area contributed by atoms with E-state index in [9.17, 15) is 0 Å². The second kappa shape index (κ2) is 7.20. The molecule has 2 nitrogen and oxygen atoms in total. The van der Waals surface area contributed by atoms with Gasteiger partial charge in [-0.15, -0.1) is 0 Å². The lowest BCUT2D eigenvalue weighted by Gasteiger charge is -2.16. The van der Waals surface area contributed by atoms with Crippen LogP contribution in [0.5, 0.6) is 5.75 Å². The molecule has 1 N–H and O–H groups in total. The first kappa shape index (κ1) is 14.7. The Balaban J connectivity index is 1.95. The number of benzene rings is 2. The summed E-state index contributed by atoms with van der Waals surface area (Å²) in [6, 6.07) is 16.4. The molecule has 0 aliphatic rings. The van der Waals surface area contributed by atoms with E-state index in [4.69, 9.17) is 16.3 Å². The van der Waals surface area contributed by atoms with Gasteiger partial charge in [0.05, 0.1) is 6.61 Å². The van der Waals surface area contributed by atoms with E-state index in [0.717, 1.165) is 22.9 Å². The van der Waals surface area contributed by atoms with Gasteiger partial charge in [0.15, 0.2) is 0 Å². The van der Waals surface area contributed by atoms with Gasteiger partial charge in [0, 0.05) is 22.8 Å². The monoisotopic (exact) mass is 289 g/mol. The second-order valence-electron chi connectivity index (χ2n) is 4.84. The van der Waals surface area contributed by atoms with Crippen LogP contribution in [-0.2, 0) is 6.42 Å². The van der Waals surface area contributed by atoms with Crippen LogP contribution >= 0.6 is 11.6 Å². The molecule has 20 heavy (non-hydrogen) atoms. The molecule has 0 spiro atoms. The van der Waals surface area contributed by atoms with Crippen molar-refractivity contribution in [3.63, 3.8) is 0 Å². The zero-order valence-corrected chi connectivity index (χ0v) is 12.7. The van der Waals surface area contributed by atoms with E-state index in [1.807, 2.05) is 37.3 Å². The van der Waals surface area contributed by atoms with Crippen molar-refractivity contribution in [2.75, 3.05) is 11.9 Å². The van der Waals surface area contributed by atoms with Crippen molar-refractivity contribution in [1.82, 2.24) is 0 Å². The Bertz CT molecular complexity index is 539. The van der Waals surface area contributed by atoms with Crippen molar-refractivity contribution < 1.29 is 4.74 Å². The molecule has 0 radical (unpaired) electrons. The van der Waals surface area contributed by atoms with Crippen LogP contribution in [0.4, 0.5) is 5.69 Å². The van der Waals surface area contributed by atoms with Crippen molar-refractivity contribution in [3.05, 3.63) is 59.1 Å². The van der Waals surface area contributed by atoms with Gasteiger partial charge >= 0.3 is 0 Å². The summed E-state index contributed by atoms with van der Waals surface area (Å²) in [5, 5.41) is 4.27. The van der Waals surface area contributed by atoms with Gasteiger partial charge in [-0.3, -0.25) is 0 Å². The highest BCUT2D eigenvalue weighted by Crippen LogP contribution is 2.19. The first-order valence-electron chi connectivity index (χ1n) is 6.91. The molecule has 0 fully saturated rings. The average Bonchev–Trinajstić information content (AvgIpc) is 2.42. The quantitative estimate of drug-likeness (QED) is 0.826. The fourth-order valence-corrected chi connectivity index (χ4v) is 2.28. The molecule has 0 aliphatic carbocycles. The molecule has 1 unspecified atom stereocenters. The summed E-state index contributed by atoms with van der Waals surface area (Å²) in [7, 11) is 0. The Morgan fingerprint density at radius 3 is 2.60 bits per heavy atom. The number of hydrogen-bond donors (Lipinski definition) is 1. The van der Waals surface area contributed by atoms with Crippen LogP contribution in [0.25, 0.3) is 0 Å². The minimum Gasteiger partial charge on any atom is -0.494 e. The van der Waals surface area contributed by atoms with E-state index in [-0.39, 0.29) is 0 Å². The maximum absolute atomic E-state index is 5.90. The van der Waals surface area contributed by atoms with Crippen LogP contribution in [0.2, 0.25) is 5.02 Å². The normalized spacial score (nSPS) is 11.9. The summed E-state index contributed by atoms with van der Waals surface area (Å²) in [5.41, 5.74) is 2.35. The lowest BCUT2D eigenvalue weighted by molar-refractivity contribution is 0.340. The number of rotatable bonds is 6. The second-order valence-corrected chi connectivity index (χ2v) is 5.27. The molecule has 106 valence electrons. The molecule has 0 aliphatic heterocycles. The Labute approximate surface area is 125 Å². The SMILES string of the molecule is CCOc1cccc(NC(C)Cc2ccc(Cl)cc2)c1. The smallest absolute Gasteiger partial charge is 0.121 e. The highest BCUT2D eigenvalue weighted by Gasteiger charge is 2.04. The first-order chi connectivity index (χ1) is 9.67. The summed E-state index contributed by atoms with van der Waals surface area (Å²) in [6.45, 7) is 4.84. The Morgan fingerprint density at radius 1 is 1.15 bits per heavy atom. The Hall–Kier alpha value is -1.67. The molecule has 0 saturated heterocycles. The van der Waals surface area contributed by atoms with Gasteiger partial charge in [-0.25, -0.2) is 0 Å². The molecule has 0 saturated carbocycles. The molecule has 2 rings (SSSR count). The molecule has 0 amide bonds. The van der Waals surface area contributed by atoms with E-state index in [1.54, 1.807) is 0 Å². The lowest BCUT2D eigenvalue weighted by atomic mass is 10.1. The molecule has 1 atom stereocenters. The van der Waals surface area contributed by atoms with E-state index >= 15 is 0 Å². The Kier molecular flexibility index (Phi) is 5.31. The van der Waals surface area contributed by atoms with Gasteiger partial charge in [0.2, 0.25) is 0 Å². The lowest BCUT2D eigenvalue weighted by Crippen LogP contribution is -2.18. The van der Waals surface area contributed by atoms with E-state index in [2.05, 4.69) is 30.4 Å². The Morgan fingerprint density at radius 2 is 1.90 bits per heavy atom. The summed E-state index contributed by atoms with van der Waals surface area (Å²) >= 11 is 5.90. The minimum atomic E-state index is 0.341. The fraction of sp³-hybridized carbons (Fsp3) is 0.294. The number of hydrogen-bond acceptors (Lipinski definition) is 2. The van der Waals surface area contributed by atoms with Gasteiger partial charge in [-0.2, -0.15) is 0 Å². The molecular weight excluding hydrogens is 270 g/mol. The van der Waals surface area contributed by atoms with Crippen molar-refractivity contribution in [2.24, 2.45) is 0 Å². The molecule has 0 aromatic heterocycles. The van der Waals surface area contributed by atoms with Crippen LogP contribution in [-0.4, -0.2) is 12.6 Å². The predicted molar refractivity (Wildman–Crippen MR) is 85.9 cm³/mol. The third kappa shape index (κ3) is 4.46. The topological polar surface area (TPSA) is 21.3 Å². The minimum absolute atomic E-state index is 0.341. The fourth-order valence-electron chi connectivity index (χ4n) is 2.15. The summed E-state index contributed by atoms with van der Waals surface area (Å²) in [4.78, 5) is 0. The number of halogens is 1. The number of ether oxygens (including phenoxy) is 1. The third-order valence-corrected chi connectivity index (χ3v) is 3.27. The predicted octanol–water partition coefficient (Wildman–Crippen LogP) is 4.78. The number of anilines is 1. The highest BCUT2D eigenvalue weighted by atomic mass is 35.5. The zero-order valence-electron chi connectivity index (χ0n) is 11.9. The zero-order chi connectivity index (χ0) is 14.4. The van der Waals surface area contributed by atoms with Crippen molar-refractivity contribution in [3.8, 4) is 5.75 Å². The molecule has 3 heteroatoms. The van der Waals surface area contributed by atoms with Crippen LogP contribution in [0.1, 0.15) is 19.4 Å². The van der Waals surface area contributed by atoms with Gasteiger partial charge in [0.25, 0.3) is 0 Å². The van der Waals surface area contributed by atoms with Gasteiger partial charge in [-0.1, -0.05) is 29.8 Å². The molecule has 2 aromatic carbocycles. The summed E-state index contributed by atoms with van der Waals surface area (Å²) < 4.78 is 5.50. The van der Waals surface area contributed by atoms with Crippen LogP contribution in [0, 0.1) is 0 Å². The highest BCUT2D eigenvalue weighted by molar-refractivity contribution is 6.30. The van der Waals surface area contributed by atoms with E-state index < -0.39 is 0 Å². The van der Waals surface area contributed by atoms with E-state index in [0.29, 0.717) is 12.6 Å². The van der Waals surface area contributed by atoms with Gasteiger partial charge in [-0.05, 0) is 50.1 Å².